The molecule has 2 aliphatic rings. The normalized spacial score (nSPS) is 18.5. The van der Waals surface area contributed by atoms with E-state index in [9.17, 15) is 13.2 Å². The van der Waals surface area contributed by atoms with Gasteiger partial charge in [0.25, 0.3) is 0 Å². The molecule has 0 radical (unpaired) electrons. The van der Waals surface area contributed by atoms with Crippen molar-refractivity contribution in [3.05, 3.63) is 82.8 Å². The van der Waals surface area contributed by atoms with Crippen molar-refractivity contribution >= 4 is 22.4 Å². The van der Waals surface area contributed by atoms with Crippen LogP contribution in [0.4, 0.5) is 13.2 Å². The zero-order valence-corrected chi connectivity index (χ0v) is 15.3. The van der Waals surface area contributed by atoms with Gasteiger partial charge in [0.2, 0.25) is 0 Å². The molecule has 0 bridgehead atoms. The van der Waals surface area contributed by atoms with Crippen molar-refractivity contribution in [3.8, 4) is 11.1 Å². The molecule has 0 amide bonds. The number of rotatable bonds is 1. The Morgan fingerprint density at radius 1 is 0.857 bits per heavy atom. The van der Waals surface area contributed by atoms with Crippen LogP contribution in [0, 0.1) is 5.92 Å². The van der Waals surface area contributed by atoms with E-state index in [1.165, 1.54) is 21.4 Å². The van der Waals surface area contributed by atoms with Crippen LogP contribution in [-0.4, -0.2) is 0 Å². The summed E-state index contributed by atoms with van der Waals surface area (Å²) in [6.45, 7) is 0. The highest BCUT2D eigenvalue weighted by atomic mass is 19.4. The lowest BCUT2D eigenvalue weighted by molar-refractivity contribution is -0.137. The smallest absolute Gasteiger partial charge is 0.166 e. The van der Waals surface area contributed by atoms with Gasteiger partial charge in [-0.3, -0.25) is 0 Å². The third kappa shape index (κ3) is 2.86. The number of benzene rings is 3. The van der Waals surface area contributed by atoms with Crippen LogP contribution in [0.5, 0.6) is 0 Å². The average molecular weight is 376 g/mol. The van der Waals surface area contributed by atoms with Crippen molar-refractivity contribution in [2.45, 2.75) is 25.4 Å². The number of fused-ring (bicyclic) bond motifs is 4. The van der Waals surface area contributed by atoms with Gasteiger partial charge in [0.15, 0.2) is 0 Å². The van der Waals surface area contributed by atoms with Crippen molar-refractivity contribution in [2.75, 3.05) is 0 Å². The molecule has 0 spiro atoms. The summed E-state index contributed by atoms with van der Waals surface area (Å²) >= 11 is 0. The van der Waals surface area contributed by atoms with Gasteiger partial charge in [-0.15, -0.1) is 0 Å². The molecule has 1 atom stereocenters. The van der Waals surface area contributed by atoms with Gasteiger partial charge in [0, 0.05) is 5.92 Å². The molecule has 28 heavy (non-hydrogen) atoms. The second kappa shape index (κ2) is 6.37. The maximum atomic E-state index is 12.8. The zero-order chi connectivity index (χ0) is 19.3. The Morgan fingerprint density at radius 3 is 2.43 bits per heavy atom. The van der Waals surface area contributed by atoms with Gasteiger partial charge < -0.3 is 0 Å². The fraction of sp³-hybridized carbons (Fsp3) is 0.200. The average Bonchev–Trinajstić information content (AvgIpc) is 2.72. The molecule has 0 aliphatic heterocycles. The predicted octanol–water partition coefficient (Wildman–Crippen LogP) is 5.83. The van der Waals surface area contributed by atoms with Crippen molar-refractivity contribution in [1.29, 1.82) is 0 Å². The molecule has 0 aromatic heterocycles. The molecule has 0 nitrogen and oxygen atoms in total. The van der Waals surface area contributed by atoms with Gasteiger partial charge in [-0.25, -0.2) is 0 Å². The Hall–Kier alpha value is -2.81. The van der Waals surface area contributed by atoms with Gasteiger partial charge in [-0.05, 0) is 69.8 Å². The Balaban J connectivity index is 1.62. The molecule has 5 rings (SSSR count). The Morgan fingerprint density at radius 2 is 1.64 bits per heavy atom. The fourth-order valence-corrected chi connectivity index (χ4v) is 4.49. The second-order valence-corrected chi connectivity index (χ2v) is 7.58. The van der Waals surface area contributed by atoms with Crippen LogP contribution >= 0.6 is 0 Å². The van der Waals surface area contributed by atoms with E-state index < -0.39 is 11.7 Å². The number of alkyl halides is 3. The highest BCUT2D eigenvalue weighted by Gasteiger charge is 2.30. The maximum absolute atomic E-state index is 12.8. The van der Waals surface area contributed by atoms with E-state index in [0.717, 1.165) is 47.9 Å². The van der Waals surface area contributed by atoms with E-state index in [2.05, 4.69) is 42.5 Å². The first kappa shape index (κ1) is 17.3. The molecule has 0 fully saturated rings. The van der Waals surface area contributed by atoms with E-state index in [1.54, 1.807) is 12.1 Å². The minimum Gasteiger partial charge on any atom is -0.166 e. The van der Waals surface area contributed by atoms with Gasteiger partial charge in [-0.1, -0.05) is 60.2 Å². The second-order valence-electron chi connectivity index (χ2n) is 7.58. The van der Waals surface area contributed by atoms with E-state index in [-0.39, 0.29) is 0 Å². The van der Waals surface area contributed by atoms with Gasteiger partial charge in [-0.2, -0.15) is 13.2 Å². The number of allylic oxidation sites excluding steroid dienone is 2. The van der Waals surface area contributed by atoms with E-state index >= 15 is 0 Å². The number of halogens is 3. The quantitative estimate of drug-likeness (QED) is 0.469. The Bertz CT molecular complexity index is 1210. The van der Waals surface area contributed by atoms with Gasteiger partial charge in [0.05, 0.1) is 5.56 Å². The van der Waals surface area contributed by atoms with E-state index in [4.69, 9.17) is 0 Å². The van der Waals surface area contributed by atoms with Crippen molar-refractivity contribution in [2.24, 2.45) is 5.92 Å². The molecule has 140 valence electrons. The van der Waals surface area contributed by atoms with Crippen LogP contribution in [0.1, 0.15) is 24.8 Å². The Kier molecular flexibility index (Phi) is 3.94. The van der Waals surface area contributed by atoms with Crippen LogP contribution < -0.4 is 10.4 Å². The molecule has 0 saturated heterocycles. The van der Waals surface area contributed by atoms with Crippen LogP contribution in [0.15, 0.2) is 66.7 Å². The summed E-state index contributed by atoms with van der Waals surface area (Å²) in [4.78, 5) is 0. The largest absolute Gasteiger partial charge is 0.416 e. The summed E-state index contributed by atoms with van der Waals surface area (Å²) in [5.41, 5.74) is 2.65. The molecule has 3 heteroatoms. The lowest BCUT2D eigenvalue weighted by Crippen LogP contribution is -2.33. The van der Waals surface area contributed by atoms with Crippen molar-refractivity contribution < 1.29 is 13.2 Å². The lowest BCUT2D eigenvalue weighted by atomic mass is 9.81. The standard InChI is InChI=1S/C25H19F3/c26-25(27,28)20-10-5-16(6-11-20)18-8-12-22-19(15-18)9-14-23-21-4-2-1-3-17(21)7-13-24(22)23/h1,3,5-6,8-15,17H,2,4,7H2/t17-/m0/s1. The SMILES string of the molecule is FC(F)(F)c1ccc(-c2ccc3c4c(ccc3c2)=C2CCC=C[C@H]2CC=4)cc1. The minimum absolute atomic E-state index is 0.533. The first-order chi connectivity index (χ1) is 13.5. The number of hydrogen-bond donors (Lipinski definition) is 0. The van der Waals surface area contributed by atoms with E-state index in [0.29, 0.717) is 5.92 Å². The summed E-state index contributed by atoms with van der Waals surface area (Å²) < 4.78 is 38.4. The van der Waals surface area contributed by atoms with Crippen molar-refractivity contribution in [3.63, 3.8) is 0 Å². The summed E-state index contributed by atoms with van der Waals surface area (Å²) in [6, 6.07) is 15.9. The van der Waals surface area contributed by atoms with Gasteiger partial charge in [0.1, 0.15) is 0 Å². The summed E-state index contributed by atoms with van der Waals surface area (Å²) in [7, 11) is 0. The summed E-state index contributed by atoms with van der Waals surface area (Å²) in [5, 5.41) is 5.00. The predicted molar refractivity (Wildman–Crippen MR) is 108 cm³/mol. The number of hydrogen-bond acceptors (Lipinski definition) is 0. The van der Waals surface area contributed by atoms with Crippen LogP contribution in [0.2, 0.25) is 0 Å². The van der Waals surface area contributed by atoms with Gasteiger partial charge >= 0.3 is 6.18 Å². The molecular weight excluding hydrogens is 357 g/mol. The van der Waals surface area contributed by atoms with Crippen LogP contribution in [0.3, 0.4) is 0 Å². The third-order valence-corrected chi connectivity index (χ3v) is 5.93. The first-order valence-corrected chi connectivity index (χ1v) is 9.61. The first-order valence-electron chi connectivity index (χ1n) is 9.61. The Labute approximate surface area is 161 Å². The highest BCUT2D eigenvalue weighted by molar-refractivity contribution is 5.89. The lowest BCUT2D eigenvalue weighted by Gasteiger charge is -2.23. The van der Waals surface area contributed by atoms with Crippen LogP contribution in [-0.2, 0) is 6.18 Å². The molecule has 0 unspecified atom stereocenters. The molecule has 2 aliphatic carbocycles. The highest BCUT2D eigenvalue weighted by Crippen LogP contribution is 2.32. The molecule has 3 aromatic rings. The molecule has 0 heterocycles. The molecular formula is C25H19F3. The molecule has 3 aromatic carbocycles. The maximum Gasteiger partial charge on any atom is 0.416 e. The fourth-order valence-electron chi connectivity index (χ4n) is 4.49. The third-order valence-electron chi connectivity index (χ3n) is 5.93. The summed E-state index contributed by atoms with van der Waals surface area (Å²) in [5.74, 6) is 0.533. The summed E-state index contributed by atoms with van der Waals surface area (Å²) in [6.07, 6.45) is 5.91. The zero-order valence-electron chi connectivity index (χ0n) is 15.3. The van der Waals surface area contributed by atoms with E-state index in [1.807, 2.05) is 6.07 Å². The van der Waals surface area contributed by atoms with Crippen molar-refractivity contribution in [1.82, 2.24) is 0 Å². The minimum atomic E-state index is -4.30. The topological polar surface area (TPSA) is 0 Å². The monoisotopic (exact) mass is 376 g/mol. The van der Waals surface area contributed by atoms with Crippen LogP contribution in [0.25, 0.3) is 33.5 Å². The molecule has 0 N–H and O–H groups in total. The molecule has 0 saturated carbocycles.